The van der Waals surface area contributed by atoms with Crippen molar-refractivity contribution >= 4 is 96.9 Å². The van der Waals surface area contributed by atoms with Crippen molar-refractivity contribution in [2.45, 2.75) is 16.2 Å². The quantitative estimate of drug-likeness (QED) is 0.233. The number of hydrogen-bond acceptors (Lipinski definition) is 5. The summed E-state index contributed by atoms with van der Waals surface area (Å²) in [4.78, 5) is 32.2. The van der Waals surface area contributed by atoms with Crippen molar-refractivity contribution in [3.05, 3.63) is 86.7 Å². The molecule has 0 aromatic heterocycles. The molecule has 0 atom stereocenters. The average Bonchev–Trinajstić information content (AvgIpc) is 3.08. The fraction of sp³-hybridized carbons (Fsp3) is 0.0800. The van der Waals surface area contributed by atoms with E-state index in [1.54, 1.807) is 22.7 Å². The number of para-hydroxylation sites is 1. The molecule has 4 nitrogen and oxygen atoms in total. The van der Waals surface area contributed by atoms with E-state index >= 15 is 0 Å². The summed E-state index contributed by atoms with van der Waals surface area (Å²) in [5.74, 6) is -0.304. The van der Waals surface area contributed by atoms with Crippen LogP contribution in [-0.2, 0) is 9.59 Å². The Morgan fingerprint density at radius 2 is 1.79 bits per heavy atom. The Labute approximate surface area is 224 Å². The van der Waals surface area contributed by atoms with Crippen molar-refractivity contribution < 1.29 is 9.59 Å². The molecule has 0 saturated carbocycles. The number of carbonyl (C=O) groups is 2. The third kappa shape index (κ3) is 4.70. The highest BCUT2D eigenvalue weighted by Gasteiger charge is 2.34. The van der Waals surface area contributed by atoms with E-state index in [0.29, 0.717) is 14.2 Å². The van der Waals surface area contributed by atoms with Crippen molar-refractivity contribution in [3.8, 4) is 0 Å². The Morgan fingerprint density at radius 1 is 1.00 bits per heavy atom. The van der Waals surface area contributed by atoms with Gasteiger partial charge in [-0.2, -0.15) is 0 Å². The number of thioether (sulfide) groups is 1. The molecule has 2 aliphatic heterocycles. The van der Waals surface area contributed by atoms with Crippen LogP contribution < -0.4 is 4.90 Å². The molecule has 2 amide bonds. The number of amides is 2. The summed E-state index contributed by atoms with van der Waals surface area (Å²) in [7, 11) is 0. The summed E-state index contributed by atoms with van der Waals surface area (Å²) in [6, 6.07) is 21.0. The van der Waals surface area contributed by atoms with E-state index in [1.165, 1.54) is 16.7 Å². The molecule has 0 spiro atoms. The molecule has 3 aromatic rings. The zero-order valence-electron chi connectivity index (χ0n) is 17.5. The lowest BCUT2D eigenvalue weighted by molar-refractivity contribution is -0.123. The summed E-state index contributed by atoms with van der Waals surface area (Å²) in [6.45, 7) is 0.209. The number of thiocarbonyl (C=S) groups is 1. The van der Waals surface area contributed by atoms with E-state index in [1.807, 2.05) is 66.7 Å². The Hall–Kier alpha value is -2.10. The number of rotatable bonds is 4. The molecule has 1 saturated heterocycles. The summed E-state index contributed by atoms with van der Waals surface area (Å²) in [5, 5.41) is 0.561. The molecule has 5 rings (SSSR count). The molecule has 2 aliphatic rings. The Kier molecular flexibility index (Phi) is 6.86. The van der Waals surface area contributed by atoms with E-state index < -0.39 is 0 Å². The van der Waals surface area contributed by atoms with E-state index in [9.17, 15) is 9.59 Å². The van der Waals surface area contributed by atoms with Crippen LogP contribution in [0.1, 0.15) is 12.0 Å². The van der Waals surface area contributed by atoms with Gasteiger partial charge in [-0.15, -0.1) is 0 Å². The van der Waals surface area contributed by atoms with Crippen LogP contribution in [0.15, 0.2) is 85.9 Å². The van der Waals surface area contributed by atoms with E-state index in [2.05, 4.69) is 15.9 Å². The van der Waals surface area contributed by atoms with Gasteiger partial charge in [0.2, 0.25) is 5.91 Å². The van der Waals surface area contributed by atoms with Crippen molar-refractivity contribution in [2.24, 2.45) is 0 Å². The molecule has 0 unspecified atom stereocenters. The summed E-state index contributed by atoms with van der Waals surface area (Å²) < 4.78 is 1.39. The minimum atomic E-state index is -0.180. The van der Waals surface area contributed by atoms with Crippen LogP contribution in [0, 0.1) is 0 Å². The first-order valence-electron chi connectivity index (χ1n) is 10.3. The molecular weight excluding hydrogens is 572 g/mol. The largest absolute Gasteiger partial charge is 0.292 e. The number of nitrogens with zero attached hydrogens (tertiary/aromatic N) is 2. The second-order valence-corrected chi connectivity index (χ2v) is 11.7. The predicted octanol–water partition coefficient (Wildman–Crippen LogP) is 7.52. The maximum atomic E-state index is 13.5. The Bertz CT molecular complexity index is 1380. The molecule has 0 N–H and O–H groups in total. The molecule has 2 heterocycles. The number of hydrogen-bond donors (Lipinski definition) is 0. The summed E-state index contributed by atoms with van der Waals surface area (Å²) in [5.41, 5.74) is 2.47. The van der Waals surface area contributed by atoms with Gasteiger partial charge in [0.25, 0.3) is 5.91 Å². The topological polar surface area (TPSA) is 40.6 Å². The van der Waals surface area contributed by atoms with Gasteiger partial charge in [-0.1, -0.05) is 87.5 Å². The molecule has 0 radical (unpaired) electrons. The second-order valence-electron chi connectivity index (χ2n) is 7.55. The third-order valence-electron chi connectivity index (χ3n) is 5.31. The minimum absolute atomic E-state index is 0.124. The van der Waals surface area contributed by atoms with Gasteiger partial charge < -0.3 is 0 Å². The van der Waals surface area contributed by atoms with Gasteiger partial charge in [0, 0.05) is 32.3 Å². The van der Waals surface area contributed by atoms with Gasteiger partial charge >= 0.3 is 0 Å². The Morgan fingerprint density at radius 3 is 2.62 bits per heavy atom. The maximum absolute atomic E-state index is 13.5. The first-order valence-corrected chi connectivity index (χ1v) is 13.5. The van der Waals surface area contributed by atoms with Crippen molar-refractivity contribution in [3.63, 3.8) is 0 Å². The van der Waals surface area contributed by atoms with Crippen molar-refractivity contribution in [1.82, 2.24) is 4.90 Å². The van der Waals surface area contributed by atoms with Crippen molar-refractivity contribution in [2.75, 3.05) is 11.4 Å². The molecule has 170 valence electrons. The van der Waals surface area contributed by atoms with Gasteiger partial charge in [0.15, 0.2) is 0 Å². The first kappa shape index (κ1) is 23.6. The van der Waals surface area contributed by atoms with Crippen LogP contribution >= 0.6 is 63.3 Å². The smallest absolute Gasteiger partial charge is 0.266 e. The molecule has 9 heteroatoms. The molecule has 3 aromatic carbocycles. The van der Waals surface area contributed by atoms with E-state index in [4.69, 9.17) is 23.8 Å². The fourth-order valence-corrected chi connectivity index (χ4v) is 6.69. The van der Waals surface area contributed by atoms with Crippen LogP contribution in [-0.4, -0.2) is 27.6 Å². The standard InChI is InChI=1S/C25H16BrClN2O2S3/c26-16-5-3-4-15(12-16)13-22-24(31)28(25(32)34-22)11-10-23(30)29-18-6-1-2-7-20(18)33-21-9-8-17(27)14-19(21)29/h1-9,12-14H,10-11H2/b22-13-. The van der Waals surface area contributed by atoms with Crippen molar-refractivity contribution in [1.29, 1.82) is 0 Å². The number of benzene rings is 3. The van der Waals surface area contributed by atoms with E-state index in [-0.39, 0.29) is 24.8 Å². The molecule has 34 heavy (non-hydrogen) atoms. The predicted molar refractivity (Wildman–Crippen MR) is 148 cm³/mol. The fourth-order valence-electron chi connectivity index (χ4n) is 3.76. The zero-order valence-corrected chi connectivity index (χ0v) is 22.3. The lowest BCUT2D eigenvalue weighted by Gasteiger charge is -2.31. The second kappa shape index (κ2) is 9.87. The molecule has 0 aliphatic carbocycles. The lowest BCUT2D eigenvalue weighted by Crippen LogP contribution is -2.35. The van der Waals surface area contributed by atoms with Crippen LogP contribution in [0.4, 0.5) is 11.4 Å². The number of carbonyl (C=O) groups excluding carboxylic acids is 2. The Balaban J connectivity index is 1.36. The lowest BCUT2D eigenvalue weighted by atomic mass is 10.2. The maximum Gasteiger partial charge on any atom is 0.266 e. The highest BCUT2D eigenvalue weighted by Crippen LogP contribution is 2.49. The van der Waals surface area contributed by atoms with Gasteiger partial charge in [0.1, 0.15) is 4.32 Å². The van der Waals surface area contributed by atoms with Crippen LogP contribution in [0.25, 0.3) is 6.08 Å². The van der Waals surface area contributed by atoms with Crippen LogP contribution in [0.5, 0.6) is 0 Å². The van der Waals surface area contributed by atoms with Crippen LogP contribution in [0.3, 0.4) is 0 Å². The van der Waals surface area contributed by atoms with E-state index in [0.717, 1.165) is 31.2 Å². The summed E-state index contributed by atoms with van der Waals surface area (Å²) >= 11 is 18.0. The van der Waals surface area contributed by atoms with Crippen LogP contribution in [0.2, 0.25) is 5.02 Å². The molecule has 0 bridgehead atoms. The summed E-state index contributed by atoms with van der Waals surface area (Å²) in [6.07, 6.45) is 1.95. The normalized spacial score (nSPS) is 16.1. The number of anilines is 2. The first-order chi connectivity index (χ1) is 16.4. The zero-order chi connectivity index (χ0) is 23.8. The highest BCUT2D eigenvalue weighted by atomic mass is 79.9. The van der Waals surface area contributed by atoms with Gasteiger partial charge in [0.05, 0.1) is 16.3 Å². The number of halogens is 2. The third-order valence-corrected chi connectivity index (χ3v) is 8.54. The van der Waals surface area contributed by atoms with Gasteiger partial charge in [-0.25, -0.2) is 0 Å². The molecular formula is C25H16BrClN2O2S3. The minimum Gasteiger partial charge on any atom is -0.292 e. The SMILES string of the molecule is O=C1/C(=C/c2cccc(Br)c2)SC(=S)N1CCC(=O)N1c2ccccc2Sc2ccc(Cl)cc21. The van der Waals surface area contributed by atoms with Gasteiger partial charge in [-0.3, -0.25) is 19.4 Å². The average molecular weight is 588 g/mol. The number of fused-ring (bicyclic) bond motifs is 2. The monoisotopic (exact) mass is 586 g/mol. The molecule has 1 fully saturated rings. The highest BCUT2D eigenvalue weighted by molar-refractivity contribution is 9.10. The van der Waals surface area contributed by atoms with Gasteiger partial charge in [-0.05, 0) is 54.1 Å².